The topological polar surface area (TPSA) is 92.6 Å². The molecule has 184 valence electrons. The molecule has 0 bridgehead atoms. The molecule has 1 saturated carbocycles. The van der Waals surface area contributed by atoms with E-state index in [-0.39, 0.29) is 40.9 Å². The maximum absolute atomic E-state index is 13.0. The molecule has 0 spiro atoms. The molecule has 7 nitrogen and oxygen atoms in total. The number of carbonyl (C=O) groups is 2. The van der Waals surface area contributed by atoms with E-state index in [1.807, 2.05) is 36.4 Å². The molecule has 0 aromatic heterocycles. The molecule has 0 unspecified atom stereocenters. The number of carbonyl (C=O) groups excluding carboxylic acids is 2. The summed E-state index contributed by atoms with van der Waals surface area (Å²) in [5, 5.41) is 15.1. The number of nitrogens with zero attached hydrogens (tertiary/aromatic N) is 2. The van der Waals surface area contributed by atoms with Crippen LogP contribution in [-0.2, 0) is 9.59 Å². The summed E-state index contributed by atoms with van der Waals surface area (Å²) in [6, 6.07) is 25.0. The third kappa shape index (κ3) is 4.61. The number of nitrogens with one attached hydrogen (secondary N) is 1. The summed E-state index contributed by atoms with van der Waals surface area (Å²) in [5.41, 5.74) is 2.88. The average molecular weight is 484 g/mol. The Labute approximate surface area is 210 Å². The van der Waals surface area contributed by atoms with Crippen molar-refractivity contribution in [3.63, 3.8) is 0 Å². The van der Waals surface area contributed by atoms with Crippen LogP contribution in [0.15, 0.2) is 78.9 Å². The summed E-state index contributed by atoms with van der Waals surface area (Å²) < 4.78 is 0. The van der Waals surface area contributed by atoms with Crippen LogP contribution in [0.4, 0.5) is 17.1 Å². The fourth-order valence-corrected chi connectivity index (χ4v) is 5.62. The Balaban J connectivity index is 1.34. The molecule has 2 amide bonds. The van der Waals surface area contributed by atoms with Crippen molar-refractivity contribution in [1.82, 2.24) is 0 Å². The van der Waals surface area contributed by atoms with Crippen LogP contribution in [-0.4, -0.2) is 23.3 Å². The Kier molecular flexibility index (Phi) is 6.80. The zero-order chi connectivity index (χ0) is 25.1. The fraction of sp³-hybridized carbons (Fsp3) is 0.310. The number of nitro groups is 1. The number of imide groups is 1. The molecule has 3 aromatic rings. The predicted molar refractivity (Wildman–Crippen MR) is 139 cm³/mol. The van der Waals surface area contributed by atoms with Gasteiger partial charge in [0.1, 0.15) is 5.69 Å². The van der Waals surface area contributed by atoms with Crippen LogP contribution in [0.25, 0.3) is 0 Å². The van der Waals surface area contributed by atoms with Crippen LogP contribution in [0.3, 0.4) is 0 Å². The molecule has 36 heavy (non-hydrogen) atoms. The number of benzene rings is 3. The smallest absolute Gasteiger partial charge is 0.294 e. The van der Waals surface area contributed by atoms with Crippen LogP contribution in [0.1, 0.15) is 49.1 Å². The first-order chi connectivity index (χ1) is 17.5. The third-order valence-corrected chi connectivity index (χ3v) is 7.43. The van der Waals surface area contributed by atoms with E-state index in [2.05, 4.69) is 29.6 Å². The quantitative estimate of drug-likeness (QED) is 0.244. The van der Waals surface area contributed by atoms with Gasteiger partial charge < -0.3 is 5.32 Å². The molecule has 3 aromatic carbocycles. The van der Waals surface area contributed by atoms with E-state index in [9.17, 15) is 19.7 Å². The molecule has 2 aliphatic rings. The normalized spacial score (nSPS) is 19.4. The number of amides is 2. The number of hydrogen-bond acceptors (Lipinski definition) is 5. The lowest BCUT2D eigenvalue weighted by Gasteiger charge is -2.19. The first-order valence-electron chi connectivity index (χ1n) is 12.5. The summed E-state index contributed by atoms with van der Waals surface area (Å²) in [4.78, 5) is 38.5. The predicted octanol–water partition coefficient (Wildman–Crippen LogP) is 5.91. The molecule has 7 heteroatoms. The lowest BCUT2D eigenvalue weighted by molar-refractivity contribution is -0.383. The van der Waals surface area contributed by atoms with E-state index in [1.54, 1.807) is 12.1 Å². The van der Waals surface area contributed by atoms with Gasteiger partial charge in [-0.2, -0.15) is 0 Å². The molecule has 1 saturated heterocycles. The Hall–Kier alpha value is -4.00. The molecule has 1 aliphatic heterocycles. The highest BCUT2D eigenvalue weighted by molar-refractivity contribution is 6.22. The minimum absolute atomic E-state index is 0.140. The van der Waals surface area contributed by atoms with Crippen molar-refractivity contribution in [3.05, 3.63) is 100 Å². The molecule has 1 N–H and O–H groups in total. The van der Waals surface area contributed by atoms with Crippen LogP contribution < -0.4 is 10.2 Å². The largest absolute Gasteiger partial charge is 0.379 e. The Morgan fingerprint density at radius 1 is 0.861 bits per heavy atom. The summed E-state index contributed by atoms with van der Waals surface area (Å²) in [7, 11) is 0. The summed E-state index contributed by atoms with van der Waals surface area (Å²) in [5.74, 6) is -0.907. The molecule has 1 heterocycles. The second-order valence-corrected chi connectivity index (χ2v) is 9.56. The van der Waals surface area contributed by atoms with Crippen molar-refractivity contribution in [1.29, 1.82) is 0 Å². The van der Waals surface area contributed by atoms with Gasteiger partial charge in [-0.3, -0.25) is 19.7 Å². The molecule has 0 radical (unpaired) electrons. The summed E-state index contributed by atoms with van der Waals surface area (Å²) in [6.07, 6.45) is 4.02. The van der Waals surface area contributed by atoms with Gasteiger partial charge in [0.2, 0.25) is 11.8 Å². The number of hydrogen-bond donors (Lipinski definition) is 1. The van der Waals surface area contributed by atoms with E-state index in [1.165, 1.54) is 17.2 Å². The van der Waals surface area contributed by atoms with Gasteiger partial charge in [0.25, 0.3) is 5.69 Å². The minimum Gasteiger partial charge on any atom is -0.379 e. The SMILES string of the molecule is O=C1[C@@H]2CCCC[C@H]2C(=O)N1c1ccc(NCCC(c2ccccc2)c2ccccc2)c([N+](=O)[O-])c1. The first-order valence-corrected chi connectivity index (χ1v) is 12.5. The molecular weight excluding hydrogens is 454 g/mol. The van der Waals surface area contributed by atoms with Gasteiger partial charge in [-0.1, -0.05) is 73.5 Å². The highest BCUT2D eigenvalue weighted by atomic mass is 16.6. The van der Waals surface area contributed by atoms with Crippen LogP contribution in [0.5, 0.6) is 0 Å². The number of fused-ring (bicyclic) bond motifs is 1. The van der Waals surface area contributed by atoms with E-state index in [4.69, 9.17) is 0 Å². The van der Waals surface area contributed by atoms with Crippen molar-refractivity contribution in [2.45, 2.75) is 38.0 Å². The van der Waals surface area contributed by atoms with Crippen LogP contribution in [0.2, 0.25) is 0 Å². The maximum Gasteiger partial charge on any atom is 0.294 e. The van der Waals surface area contributed by atoms with Crippen molar-refractivity contribution < 1.29 is 14.5 Å². The number of rotatable bonds is 8. The first kappa shape index (κ1) is 23.7. The van der Waals surface area contributed by atoms with Gasteiger partial charge in [0.05, 0.1) is 22.4 Å². The highest BCUT2D eigenvalue weighted by Gasteiger charge is 2.49. The molecule has 2 atom stereocenters. The fourth-order valence-electron chi connectivity index (χ4n) is 5.62. The standard InChI is InChI=1S/C29H29N3O4/c33-28-24-13-7-8-14-25(24)29(34)31(28)22-15-16-26(27(19-22)32(35)36)30-18-17-23(20-9-3-1-4-10-20)21-11-5-2-6-12-21/h1-6,9-12,15-16,19,23-25,30H,7-8,13-14,17-18H2/t24-,25-/m1/s1. The van der Waals surface area contributed by atoms with E-state index < -0.39 is 4.92 Å². The van der Waals surface area contributed by atoms with Crippen molar-refractivity contribution in [2.24, 2.45) is 11.8 Å². The van der Waals surface area contributed by atoms with E-state index in [0.29, 0.717) is 25.1 Å². The van der Waals surface area contributed by atoms with Crippen LogP contribution in [0, 0.1) is 22.0 Å². The lowest BCUT2D eigenvalue weighted by Crippen LogP contribution is -2.30. The number of anilines is 2. The van der Waals surface area contributed by atoms with Gasteiger partial charge in [-0.25, -0.2) is 4.90 Å². The molecule has 1 aliphatic carbocycles. The molecular formula is C29H29N3O4. The van der Waals surface area contributed by atoms with Gasteiger partial charge >= 0.3 is 0 Å². The average Bonchev–Trinajstić information content (AvgIpc) is 3.17. The molecule has 5 rings (SSSR count). The van der Waals surface area contributed by atoms with Gasteiger partial charge in [-0.15, -0.1) is 0 Å². The highest BCUT2D eigenvalue weighted by Crippen LogP contribution is 2.41. The Morgan fingerprint density at radius 3 is 1.94 bits per heavy atom. The lowest BCUT2D eigenvalue weighted by atomic mass is 9.81. The minimum atomic E-state index is -0.463. The van der Waals surface area contributed by atoms with Gasteiger partial charge in [-0.05, 0) is 42.5 Å². The maximum atomic E-state index is 13.0. The second kappa shape index (κ2) is 10.3. The van der Waals surface area contributed by atoms with Crippen molar-refractivity contribution in [2.75, 3.05) is 16.8 Å². The third-order valence-electron chi connectivity index (χ3n) is 7.43. The van der Waals surface area contributed by atoms with Crippen LogP contribution >= 0.6 is 0 Å². The Morgan fingerprint density at radius 2 is 1.42 bits per heavy atom. The zero-order valence-corrected chi connectivity index (χ0v) is 20.0. The van der Waals surface area contributed by atoms with Crippen molar-refractivity contribution >= 4 is 28.9 Å². The molecule has 2 fully saturated rings. The van der Waals surface area contributed by atoms with E-state index in [0.717, 1.165) is 24.2 Å². The summed E-state index contributed by atoms with van der Waals surface area (Å²) in [6.45, 7) is 0.514. The van der Waals surface area contributed by atoms with Crippen molar-refractivity contribution in [3.8, 4) is 0 Å². The number of nitro benzene ring substituents is 1. The van der Waals surface area contributed by atoms with Gasteiger partial charge in [0, 0.05) is 18.5 Å². The van der Waals surface area contributed by atoms with Gasteiger partial charge in [0.15, 0.2) is 0 Å². The van der Waals surface area contributed by atoms with E-state index >= 15 is 0 Å². The Bertz CT molecular complexity index is 1200. The second-order valence-electron chi connectivity index (χ2n) is 9.56. The monoisotopic (exact) mass is 483 g/mol. The summed E-state index contributed by atoms with van der Waals surface area (Å²) >= 11 is 0. The zero-order valence-electron chi connectivity index (χ0n) is 20.0.